The molecule has 13 heavy (non-hydrogen) atoms. The monoisotopic (exact) mass is 180 g/mol. The van der Waals surface area contributed by atoms with Gasteiger partial charge < -0.3 is 5.73 Å². The molecule has 0 saturated carbocycles. The minimum atomic E-state index is -0.380. The highest BCUT2D eigenvalue weighted by Crippen LogP contribution is 2.28. The minimum absolute atomic E-state index is 0.143. The molecule has 0 saturated heterocycles. The van der Waals surface area contributed by atoms with Crippen molar-refractivity contribution in [2.24, 2.45) is 0 Å². The number of anilines is 1. The molecular formula is C9H12N2O2. The van der Waals surface area contributed by atoms with Crippen molar-refractivity contribution >= 4 is 11.4 Å². The lowest BCUT2D eigenvalue weighted by Crippen LogP contribution is -2.00. The largest absolute Gasteiger partial charge is 0.398 e. The van der Waals surface area contributed by atoms with Crippen LogP contribution in [0.25, 0.3) is 0 Å². The molecule has 1 aromatic rings. The van der Waals surface area contributed by atoms with Crippen LogP contribution in [-0.2, 0) is 0 Å². The summed E-state index contributed by atoms with van der Waals surface area (Å²) in [6.45, 7) is 5.28. The molecule has 0 amide bonds. The first-order valence-electron chi connectivity index (χ1n) is 3.95. The van der Waals surface area contributed by atoms with Gasteiger partial charge in [-0.3, -0.25) is 10.1 Å². The number of aryl methyl sites for hydroxylation is 1. The van der Waals surface area contributed by atoms with Gasteiger partial charge >= 0.3 is 0 Å². The predicted molar refractivity (Wildman–Crippen MR) is 51.7 cm³/mol. The second-order valence-electron chi connectivity index (χ2n) is 3.13. The summed E-state index contributed by atoms with van der Waals surface area (Å²) in [6, 6.07) is 1.51. The minimum Gasteiger partial charge on any atom is -0.398 e. The molecule has 0 aliphatic carbocycles. The van der Waals surface area contributed by atoms with Crippen LogP contribution in [0.4, 0.5) is 11.4 Å². The smallest absolute Gasteiger partial charge is 0.272 e. The standard InChI is InChI=1S/C9H12N2O2/c1-5-4-8(11(12)13)6(2)7(3)9(5)10/h4H,10H2,1-3H3. The maximum Gasteiger partial charge on any atom is 0.272 e. The molecule has 1 aromatic carbocycles. The number of hydrogen-bond donors (Lipinski definition) is 1. The van der Waals surface area contributed by atoms with Crippen LogP contribution in [-0.4, -0.2) is 4.92 Å². The molecule has 0 aliphatic heterocycles. The molecule has 70 valence electrons. The van der Waals surface area contributed by atoms with Crippen molar-refractivity contribution in [2.45, 2.75) is 20.8 Å². The molecule has 0 fully saturated rings. The van der Waals surface area contributed by atoms with Crippen LogP contribution >= 0.6 is 0 Å². The normalized spacial score (nSPS) is 10.1. The molecule has 4 heteroatoms. The van der Waals surface area contributed by atoms with Gasteiger partial charge in [0.05, 0.1) is 4.92 Å². The summed E-state index contributed by atoms with van der Waals surface area (Å²) >= 11 is 0. The fraction of sp³-hybridized carbons (Fsp3) is 0.333. The zero-order valence-electron chi connectivity index (χ0n) is 7.92. The number of benzene rings is 1. The Morgan fingerprint density at radius 1 is 1.31 bits per heavy atom. The summed E-state index contributed by atoms with van der Waals surface area (Å²) in [5.74, 6) is 0. The van der Waals surface area contributed by atoms with E-state index in [1.807, 2.05) is 0 Å². The third-order valence-corrected chi connectivity index (χ3v) is 2.33. The average molecular weight is 180 g/mol. The molecule has 2 N–H and O–H groups in total. The van der Waals surface area contributed by atoms with E-state index in [2.05, 4.69) is 0 Å². The van der Waals surface area contributed by atoms with E-state index < -0.39 is 0 Å². The fourth-order valence-corrected chi connectivity index (χ4v) is 1.27. The summed E-state index contributed by atoms with van der Waals surface area (Å²) in [5.41, 5.74) is 8.72. The Bertz CT molecular complexity index is 372. The maximum atomic E-state index is 10.6. The Balaban J connectivity index is 3.50. The van der Waals surface area contributed by atoms with Gasteiger partial charge in [-0.15, -0.1) is 0 Å². The highest BCUT2D eigenvalue weighted by atomic mass is 16.6. The molecule has 0 heterocycles. The molecule has 4 nitrogen and oxygen atoms in total. The van der Waals surface area contributed by atoms with Gasteiger partial charge in [0.1, 0.15) is 0 Å². The van der Waals surface area contributed by atoms with E-state index in [9.17, 15) is 10.1 Å². The first-order valence-corrected chi connectivity index (χ1v) is 3.95. The van der Waals surface area contributed by atoms with Gasteiger partial charge in [0.2, 0.25) is 0 Å². The zero-order valence-corrected chi connectivity index (χ0v) is 7.92. The van der Waals surface area contributed by atoms with Crippen molar-refractivity contribution in [3.05, 3.63) is 32.9 Å². The van der Waals surface area contributed by atoms with Crippen LogP contribution in [0.1, 0.15) is 16.7 Å². The number of rotatable bonds is 1. The van der Waals surface area contributed by atoms with Crippen LogP contribution in [0, 0.1) is 30.9 Å². The van der Waals surface area contributed by atoms with E-state index in [-0.39, 0.29) is 10.6 Å². The van der Waals surface area contributed by atoms with E-state index in [0.29, 0.717) is 11.3 Å². The number of nitrogens with two attached hydrogens (primary N) is 1. The number of nitrogen functional groups attached to an aromatic ring is 1. The van der Waals surface area contributed by atoms with Crippen molar-refractivity contribution in [3.63, 3.8) is 0 Å². The van der Waals surface area contributed by atoms with Crippen molar-refractivity contribution in [1.82, 2.24) is 0 Å². The van der Waals surface area contributed by atoms with E-state index >= 15 is 0 Å². The molecule has 0 radical (unpaired) electrons. The number of nitrogens with zero attached hydrogens (tertiary/aromatic N) is 1. The predicted octanol–water partition coefficient (Wildman–Crippen LogP) is 2.10. The summed E-state index contributed by atoms with van der Waals surface area (Å²) in [5, 5.41) is 10.6. The van der Waals surface area contributed by atoms with Crippen molar-refractivity contribution < 1.29 is 4.92 Å². The summed E-state index contributed by atoms with van der Waals surface area (Å²) in [6.07, 6.45) is 0. The molecule has 0 bridgehead atoms. The molecule has 0 atom stereocenters. The van der Waals surface area contributed by atoms with Gasteiger partial charge in [-0.05, 0) is 31.9 Å². The lowest BCUT2D eigenvalue weighted by atomic mass is 10.0. The van der Waals surface area contributed by atoms with E-state index in [4.69, 9.17) is 5.73 Å². The van der Waals surface area contributed by atoms with Crippen molar-refractivity contribution in [1.29, 1.82) is 0 Å². The van der Waals surface area contributed by atoms with E-state index in [1.54, 1.807) is 20.8 Å². The Labute approximate surface area is 76.5 Å². The summed E-state index contributed by atoms with van der Waals surface area (Å²) in [7, 11) is 0. The van der Waals surface area contributed by atoms with E-state index in [0.717, 1.165) is 11.1 Å². The molecular weight excluding hydrogens is 168 g/mol. The summed E-state index contributed by atoms with van der Waals surface area (Å²) < 4.78 is 0. The average Bonchev–Trinajstić information content (AvgIpc) is 2.07. The molecule has 0 aromatic heterocycles. The van der Waals surface area contributed by atoms with Crippen LogP contribution in [0.15, 0.2) is 6.07 Å². The summed E-state index contributed by atoms with van der Waals surface area (Å²) in [4.78, 5) is 10.2. The lowest BCUT2D eigenvalue weighted by molar-refractivity contribution is -0.385. The van der Waals surface area contributed by atoms with Crippen molar-refractivity contribution in [3.8, 4) is 0 Å². The number of hydrogen-bond acceptors (Lipinski definition) is 3. The van der Waals surface area contributed by atoms with Crippen LogP contribution < -0.4 is 5.73 Å². The number of nitro groups is 1. The Kier molecular flexibility index (Phi) is 2.23. The van der Waals surface area contributed by atoms with Crippen LogP contribution in [0.5, 0.6) is 0 Å². The SMILES string of the molecule is Cc1cc([N+](=O)[O-])c(C)c(C)c1N. The van der Waals surface area contributed by atoms with Gasteiger partial charge in [0.15, 0.2) is 0 Å². The topological polar surface area (TPSA) is 69.2 Å². The van der Waals surface area contributed by atoms with Gasteiger partial charge in [0.25, 0.3) is 5.69 Å². The highest BCUT2D eigenvalue weighted by Gasteiger charge is 2.15. The maximum absolute atomic E-state index is 10.6. The third-order valence-electron chi connectivity index (χ3n) is 2.33. The second-order valence-corrected chi connectivity index (χ2v) is 3.13. The van der Waals surface area contributed by atoms with Crippen LogP contribution in [0.2, 0.25) is 0 Å². The lowest BCUT2D eigenvalue weighted by Gasteiger charge is -2.07. The van der Waals surface area contributed by atoms with Crippen molar-refractivity contribution in [2.75, 3.05) is 5.73 Å². The van der Waals surface area contributed by atoms with Gasteiger partial charge in [-0.2, -0.15) is 0 Å². The Morgan fingerprint density at radius 3 is 2.31 bits per heavy atom. The van der Waals surface area contributed by atoms with Crippen LogP contribution in [0.3, 0.4) is 0 Å². The molecule has 0 spiro atoms. The zero-order chi connectivity index (χ0) is 10.2. The Morgan fingerprint density at radius 2 is 1.85 bits per heavy atom. The first-order chi connectivity index (χ1) is 5.95. The van der Waals surface area contributed by atoms with Gasteiger partial charge in [0, 0.05) is 17.3 Å². The quantitative estimate of drug-likeness (QED) is 0.408. The second kappa shape index (κ2) is 3.05. The molecule has 0 aliphatic rings. The molecule has 0 unspecified atom stereocenters. The Hall–Kier alpha value is -1.58. The first kappa shape index (κ1) is 9.51. The number of nitro benzene ring substituents is 1. The third kappa shape index (κ3) is 1.47. The van der Waals surface area contributed by atoms with E-state index in [1.165, 1.54) is 6.07 Å². The highest BCUT2D eigenvalue weighted by molar-refractivity contribution is 5.62. The fourth-order valence-electron chi connectivity index (χ4n) is 1.27. The van der Waals surface area contributed by atoms with Gasteiger partial charge in [-0.1, -0.05) is 0 Å². The van der Waals surface area contributed by atoms with Gasteiger partial charge in [-0.25, -0.2) is 0 Å². The molecule has 1 rings (SSSR count).